The average molecular weight is 454 g/mol. The molecule has 0 aliphatic carbocycles. The van der Waals surface area contributed by atoms with Gasteiger partial charge in [-0.05, 0) is 24.3 Å². The molecule has 1 N–H and O–H groups in total. The predicted molar refractivity (Wildman–Crippen MR) is 122 cm³/mol. The lowest BCUT2D eigenvalue weighted by atomic mass is 10.2. The van der Waals surface area contributed by atoms with Crippen LogP contribution < -0.4 is 19.5 Å². The number of nitrogens with one attached hydrogen (secondary N) is 1. The molecule has 34 heavy (non-hydrogen) atoms. The lowest BCUT2D eigenvalue weighted by Gasteiger charge is -2.14. The molecule has 2 aromatic heterocycles. The molecule has 0 unspecified atom stereocenters. The van der Waals surface area contributed by atoms with Crippen molar-refractivity contribution < 1.29 is 14.2 Å². The predicted octanol–water partition coefficient (Wildman–Crippen LogP) is 3.63. The number of rotatable bonds is 7. The van der Waals surface area contributed by atoms with Gasteiger partial charge in [0.15, 0.2) is 23.0 Å². The van der Waals surface area contributed by atoms with Gasteiger partial charge in [-0.2, -0.15) is 10.2 Å². The number of ether oxygens (including phenoxy) is 3. The largest absolute Gasteiger partial charge is 0.493 e. The Hall–Kier alpha value is -4.98. The molecule has 11 nitrogen and oxygen atoms in total. The summed E-state index contributed by atoms with van der Waals surface area (Å²) in [5, 5.41) is 20.0. The molecule has 1 aliphatic rings. The lowest BCUT2D eigenvalue weighted by Crippen LogP contribution is -2.09. The van der Waals surface area contributed by atoms with Crippen molar-refractivity contribution in [2.45, 2.75) is 6.54 Å². The fourth-order valence-electron chi connectivity index (χ4n) is 3.31. The molecule has 168 valence electrons. The number of nitrogens with zero attached hydrogens (tertiary/aromatic N) is 7. The number of aliphatic imine (C=N–C) groups is 1. The maximum atomic E-state index is 9.15. The standard InChI is InChI=1S/C23H18N8O3/c1-32-19-10-16-13-25-21-22(29-17-4-2-3-15(9-17)12-24)26-14-27-23(21)34-18(16)11-20(19)33-8-7-31-6-5-28-30-31/h2-6,9-11,13-14H,7-8H2,1H3,(H,26,27,29). The van der Waals surface area contributed by atoms with Gasteiger partial charge in [0, 0.05) is 29.7 Å². The summed E-state index contributed by atoms with van der Waals surface area (Å²) in [5.74, 6) is 2.29. The normalized spacial score (nSPS) is 11.4. The Morgan fingerprint density at radius 2 is 2.12 bits per heavy atom. The van der Waals surface area contributed by atoms with E-state index in [-0.39, 0.29) is 5.88 Å². The molecular formula is C23H18N8O3. The second-order valence-electron chi connectivity index (χ2n) is 7.11. The Morgan fingerprint density at radius 3 is 2.94 bits per heavy atom. The van der Waals surface area contributed by atoms with Crippen LogP contribution in [0.4, 0.5) is 17.2 Å². The van der Waals surface area contributed by atoms with Crippen molar-refractivity contribution in [3.8, 4) is 29.2 Å². The van der Waals surface area contributed by atoms with Gasteiger partial charge in [0.05, 0.1) is 31.5 Å². The van der Waals surface area contributed by atoms with Crippen LogP contribution in [0.3, 0.4) is 0 Å². The van der Waals surface area contributed by atoms with E-state index < -0.39 is 0 Å². The Morgan fingerprint density at radius 1 is 1.18 bits per heavy atom. The third-order valence-electron chi connectivity index (χ3n) is 4.93. The zero-order chi connectivity index (χ0) is 23.3. The van der Waals surface area contributed by atoms with Crippen molar-refractivity contribution >= 4 is 23.4 Å². The first-order chi connectivity index (χ1) is 16.7. The summed E-state index contributed by atoms with van der Waals surface area (Å²) in [6.45, 7) is 0.891. The highest BCUT2D eigenvalue weighted by molar-refractivity contribution is 5.90. The first-order valence-electron chi connectivity index (χ1n) is 10.3. The Labute approximate surface area is 194 Å². The van der Waals surface area contributed by atoms with Crippen LogP contribution in [0.2, 0.25) is 0 Å². The van der Waals surface area contributed by atoms with Crippen molar-refractivity contribution in [3.63, 3.8) is 0 Å². The van der Waals surface area contributed by atoms with Gasteiger partial charge >= 0.3 is 0 Å². The summed E-state index contributed by atoms with van der Waals surface area (Å²) in [4.78, 5) is 13.1. The summed E-state index contributed by atoms with van der Waals surface area (Å²) >= 11 is 0. The molecule has 0 spiro atoms. The van der Waals surface area contributed by atoms with Crippen molar-refractivity contribution in [2.24, 2.45) is 4.99 Å². The number of fused-ring (bicyclic) bond motifs is 2. The van der Waals surface area contributed by atoms with Crippen LogP contribution in [0, 0.1) is 11.3 Å². The summed E-state index contributed by atoms with van der Waals surface area (Å²) in [5.41, 5.74) is 2.34. The number of methoxy groups -OCH3 is 1. The topological polar surface area (TPSA) is 132 Å². The minimum Gasteiger partial charge on any atom is -0.493 e. The highest BCUT2D eigenvalue weighted by Crippen LogP contribution is 2.42. The second kappa shape index (κ2) is 9.25. The van der Waals surface area contributed by atoms with Crippen molar-refractivity contribution in [1.82, 2.24) is 25.0 Å². The molecule has 4 aromatic rings. The summed E-state index contributed by atoms with van der Waals surface area (Å²) in [6, 6.07) is 12.7. The van der Waals surface area contributed by atoms with Gasteiger partial charge in [-0.15, -0.1) is 5.10 Å². The summed E-state index contributed by atoms with van der Waals surface area (Å²) in [6.07, 6.45) is 6.41. The first-order valence-corrected chi connectivity index (χ1v) is 10.3. The molecule has 0 amide bonds. The van der Waals surface area contributed by atoms with Gasteiger partial charge in [-0.3, -0.25) is 0 Å². The zero-order valence-electron chi connectivity index (χ0n) is 18.0. The minimum absolute atomic E-state index is 0.280. The fourth-order valence-corrected chi connectivity index (χ4v) is 3.31. The number of hydrogen-bond acceptors (Lipinski definition) is 10. The monoisotopic (exact) mass is 454 g/mol. The van der Waals surface area contributed by atoms with Crippen LogP contribution in [0.1, 0.15) is 11.1 Å². The fraction of sp³-hybridized carbons (Fsp3) is 0.130. The number of aromatic nitrogens is 5. The molecule has 3 heterocycles. The number of benzene rings is 2. The van der Waals surface area contributed by atoms with Gasteiger partial charge in [0.1, 0.15) is 18.7 Å². The van der Waals surface area contributed by atoms with Crippen molar-refractivity contribution in [2.75, 3.05) is 19.0 Å². The van der Waals surface area contributed by atoms with Crippen LogP contribution in [0.15, 0.2) is 60.1 Å². The van der Waals surface area contributed by atoms with E-state index in [1.54, 1.807) is 60.7 Å². The van der Waals surface area contributed by atoms with E-state index in [1.807, 2.05) is 6.07 Å². The lowest BCUT2D eigenvalue weighted by molar-refractivity contribution is 0.272. The molecule has 11 heteroatoms. The van der Waals surface area contributed by atoms with Crippen LogP contribution in [0.5, 0.6) is 23.1 Å². The second-order valence-corrected chi connectivity index (χ2v) is 7.11. The summed E-state index contributed by atoms with van der Waals surface area (Å²) < 4.78 is 19.2. The van der Waals surface area contributed by atoms with Crippen molar-refractivity contribution in [1.29, 1.82) is 5.26 Å². The third-order valence-corrected chi connectivity index (χ3v) is 4.93. The van der Waals surface area contributed by atoms with E-state index in [1.165, 1.54) is 6.33 Å². The van der Waals surface area contributed by atoms with Gasteiger partial charge in [0.2, 0.25) is 0 Å². The molecule has 0 bridgehead atoms. The van der Waals surface area contributed by atoms with Crippen LogP contribution in [0.25, 0.3) is 0 Å². The highest BCUT2D eigenvalue weighted by Gasteiger charge is 2.20. The first kappa shape index (κ1) is 20.9. The van der Waals surface area contributed by atoms with Gasteiger partial charge in [-0.1, -0.05) is 11.3 Å². The molecule has 0 saturated heterocycles. The smallest absolute Gasteiger partial charge is 0.250 e. The Bertz CT molecular complexity index is 1400. The van der Waals surface area contributed by atoms with Gasteiger partial charge < -0.3 is 19.5 Å². The van der Waals surface area contributed by atoms with E-state index in [0.717, 1.165) is 0 Å². The maximum Gasteiger partial charge on any atom is 0.250 e. The van der Waals surface area contributed by atoms with Crippen LogP contribution >= 0.6 is 0 Å². The highest BCUT2D eigenvalue weighted by atomic mass is 16.5. The van der Waals surface area contributed by atoms with Crippen LogP contribution in [-0.2, 0) is 6.54 Å². The van der Waals surface area contributed by atoms with E-state index in [9.17, 15) is 0 Å². The van der Waals surface area contributed by atoms with Gasteiger partial charge in [0.25, 0.3) is 5.88 Å². The van der Waals surface area contributed by atoms with Crippen LogP contribution in [-0.4, -0.2) is 44.9 Å². The van der Waals surface area contributed by atoms with E-state index in [0.29, 0.717) is 58.7 Å². The molecule has 1 aliphatic heterocycles. The third kappa shape index (κ3) is 4.33. The number of anilines is 2. The Balaban J connectivity index is 1.42. The average Bonchev–Trinajstić information content (AvgIpc) is 3.31. The molecule has 2 aromatic carbocycles. The zero-order valence-corrected chi connectivity index (χ0v) is 18.0. The van der Waals surface area contributed by atoms with E-state index in [4.69, 9.17) is 19.5 Å². The maximum absolute atomic E-state index is 9.15. The molecule has 0 atom stereocenters. The molecule has 0 radical (unpaired) electrons. The summed E-state index contributed by atoms with van der Waals surface area (Å²) in [7, 11) is 1.57. The number of hydrogen-bond donors (Lipinski definition) is 1. The molecular weight excluding hydrogens is 436 g/mol. The van der Waals surface area contributed by atoms with Crippen molar-refractivity contribution in [3.05, 3.63) is 66.2 Å². The van der Waals surface area contributed by atoms with Gasteiger partial charge in [-0.25, -0.2) is 14.7 Å². The Kier molecular flexibility index (Phi) is 5.69. The molecule has 0 fully saturated rings. The molecule has 0 saturated carbocycles. The molecule has 5 rings (SSSR count). The van der Waals surface area contributed by atoms with E-state index >= 15 is 0 Å². The quantitative estimate of drug-likeness (QED) is 0.391. The SMILES string of the molecule is COc1cc2c(cc1OCCn1ccnn1)Oc1ncnc(Nc3cccc(C#N)c3)c1N=C2. The minimum atomic E-state index is 0.280. The van der Waals surface area contributed by atoms with E-state index in [2.05, 4.69) is 36.7 Å². The number of nitriles is 1.